The second kappa shape index (κ2) is 8.70. The van der Waals surface area contributed by atoms with Crippen molar-refractivity contribution in [2.75, 3.05) is 16.8 Å². The van der Waals surface area contributed by atoms with Crippen LogP contribution in [0.4, 0.5) is 11.6 Å². The minimum atomic E-state index is -0.415. The molecule has 156 valence electrons. The molecule has 0 spiro atoms. The molecule has 1 aromatic carbocycles. The van der Waals surface area contributed by atoms with Crippen molar-refractivity contribution >= 4 is 11.6 Å². The molecule has 1 aliphatic carbocycles. The number of hydrogen-bond acceptors (Lipinski definition) is 5. The van der Waals surface area contributed by atoms with Gasteiger partial charge < -0.3 is 15.3 Å². The van der Waals surface area contributed by atoms with Crippen molar-refractivity contribution in [2.24, 2.45) is 0 Å². The van der Waals surface area contributed by atoms with E-state index in [-0.39, 0.29) is 0 Å². The van der Waals surface area contributed by atoms with Gasteiger partial charge in [0.2, 0.25) is 0 Å². The van der Waals surface area contributed by atoms with Crippen molar-refractivity contribution < 1.29 is 5.11 Å². The molecule has 1 atom stereocenters. The molecule has 0 amide bonds. The van der Waals surface area contributed by atoms with E-state index in [9.17, 15) is 5.11 Å². The van der Waals surface area contributed by atoms with Crippen molar-refractivity contribution in [3.63, 3.8) is 0 Å². The third-order valence-corrected chi connectivity index (χ3v) is 6.25. The van der Waals surface area contributed by atoms with Gasteiger partial charge in [-0.2, -0.15) is 0 Å². The lowest BCUT2D eigenvalue weighted by molar-refractivity contribution is 0.199. The summed E-state index contributed by atoms with van der Waals surface area (Å²) < 4.78 is 0. The van der Waals surface area contributed by atoms with Gasteiger partial charge in [-0.3, -0.25) is 0 Å². The van der Waals surface area contributed by atoms with E-state index in [1.54, 1.807) is 0 Å². The fraction of sp³-hybridized carbons (Fsp3) is 0.583. The molecule has 4 rings (SSSR count). The predicted molar refractivity (Wildman–Crippen MR) is 118 cm³/mol. The normalized spacial score (nSPS) is 18.6. The van der Waals surface area contributed by atoms with Crippen LogP contribution < -0.4 is 10.2 Å². The zero-order valence-electron chi connectivity index (χ0n) is 18.0. The van der Waals surface area contributed by atoms with Crippen LogP contribution in [0.5, 0.6) is 0 Å². The Balaban J connectivity index is 1.57. The lowest BCUT2D eigenvalue weighted by Gasteiger charge is -2.31. The maximum atomic E-state index is 9.87. The van der Waals surface area contributed by atoms with E-state index in [1.807, 2.05) is 13.0 Å². The molecule has 0 saturated heterocycles. The minimum Gasteiger partial charge on any atom is -0.389 e. The second-order valence-corrected chi connectivity index (χ2v) is 8.98. The lowest BCUT2D eigenvalue weighted by Crippen LogP contribution is -2.32. The average Bonchev–Trinajstić information content (AvgIpc) is 2.73. The minimum absolute atomic E-state index is 0.299. The van der Waals surface area contributed by atoms with Crippen LogP contribution in [0.2, 0.25) is 0 Å². The first-order valence-corrected chi connectivity index (χ1v) is 11.2. The first kappa shape index (κ1) is 20.1. The molecule has 29 heavy (non-hydrogen) atoms. The van der Waals surface area contributed by atoms with Crippen LogP contribution in [-0.4, -0.2) is 27.7 Å². The highest BCUT2D eigenvalue weighted by Crippen LogP contribution is 2.29. The number of aliphatic hydroxyl groups excluding tert-OH is 1. The maximum Gasteiger partial charge on any atom is 0.135 e. The van der Waals surface area contributed by atoms with Crippen LogP contribution in [0.3, 0.4) is 0 Å². The molecule has 2 aromatic rings. The van der Waals surface area contributed by atoms with Crippen molar-refractivity contribution in [3.8, 4) is 0 Å². The first-order chi connectivity index (χ1) is 14.0. The fourth-order valence-electron chi connectivity index (χ4n) is 4.43. The Bertz CT molecular complexity index is 843. The number of rotatable bonds is 5. The fourth-order valence-corrected chi connectivity index (χ4v) is 4.43. The SMILES string of the molecule is CC(C)c1nc(NC2CCCCC2)cc(N2CCc3cc([C@@H](C)O)ccc3C2)n1. The van der Waals surface area contributed by atoms with E-state index in [1.165, 1.54) is 43.2 Å². The highest BCUT2D eigenvalue weighted by Gasteiger charge is 2.21. The van der Waals surface area contributed by atoms with Crippen LogP contribution in [0.1, 0.15) is 87.4 Å². The highest BCUT2D eigenvalue weighted by molar-refractivity contribution is 5.52. The molecule has 2 heterocycles. The van der Waals surface area contributed by atoms with Gasteiger partial charge in [0.05, 0.1) is 6.10 Å². The molecule has 5 heteroatoms. The number of nitrogens with zero attached hydrogens (tertiary/aromatic N) is 3. The maximum absolute atomic E-state index is 9.87. The summed E-state index contributed by atoms with van der Waals surface area (Å²) in [7, 11) is 0. The van der Waals surface area contributed by atoms with Gasteiger partial charge in [0, 0.05) is 31.1 Å². The zero-order chi connectivity index (χ0) is 20.4. The smallest absolute Gasteiger partial charge is 0.135 e. The number of aromatic nitrogens is 2. The molecule has 1 aromatic heterocycles. The van der Waals surface area contributed by atoms with E-state index in [0.717, 1.165) is 42.5 Å². The van der Waals surface area contributed by atoms with Gasteiger partial charge in [0.1, 0.15) is 17.5 Å². The summed E-state index contributed by atoms with van der Waals surface area (Å²) in [6, 6.07) is 9.04. The lowest BCUT2D eigenvalue weighted by atomic mass is 9.95. The predicted octanol–water partition coefficient (Wildman–Crippen LogP) is 4.96. The summed E-state index contributed by atoms with van der Waals surface area (Å²) in [5, 5.41) is 13.6. The number of benzene rings is 1. The van der Waals surface area contributed by atoms with Gasteiger partial charge in [0.25, 0.3) is 0 Å². The van der Waals surface area contributed by atoms with E-state index in [0.29, 0.717) is 12.0 Å². The van der Waals surface area contributed by atoms with Crippen LogP contribution >= 0.6 is 0 Å². The molecule has 2 N–H and O–H groups in total. The first-order valence-electron chi connectivity index (χ1n) is 11.2. The second-order valence-electron chi connectivity index (χ2n) is 8.98. The third-order valence-electron chi connectivity index (χ3n) is 6.25. The highest BCUT2D eigenvalue weighted by atomic mass is 16.3. The third kappa shape index (κ3) is 4.72. The summed E-state index contributed by atoms with van der Waals surface area (Å²) in [5.74, 6) is 3.21. The number of aliphatic hydroxyl groups is 1. The number of fused-ring (bicyclic) bond motifs is 1. The summed E-state index contributed by atoms with van der Waals surface area (Å²) >= 11 is 0. The molecule has 1 aliphatic heterocycles. The summed E-state index contributed by atoms with van der Waals surface area (Å²) in [4.78, 5) is 12.1. The van der Waals surface area contributed by atoms with Crippen LogP contribution in [0.15, 0.2) is 24.3 Å². The molecule has 2 aliphatic rings. The van der Waals surface area contributed by atoms with Gasteiger partial charge in [-0.05, 0) is 42.9 Å². The number of hydrogen-bond donors (Lipinski definition) is 2. The Morgan fingerprint density at radius 3 is 2.55 bits per heavy atom. The average molecular weight is 395 g/mol. The Morgan fingerprint density at radius 1 is 1.03 bits per heavy atom. The molecular weight excluding hydrogens is 360 g/mol. The van der Waals surface area contributed by atoms with E-state index in [4.69, 9.17) is 9.97 Å². The van der Waals surface area contributed by atoms with Crippen LogP contribution in [0.25, 0.3) is 0 Å². The monoisotopic (exact) mass is 394 g/mol. The van der Waals surface area contributed by atoms with Crippen LogP contribution in [-0.2, 0) is 13.0 Å². The zero-order valence-corrected chi connectivity index (χ0v) is 18.0. The molecule has 0 unspecified atom stereocenters. The summed E-state index contributed by atoms with van der Waals surface area (Å²) in [6.45, 7) is 7.94. The quantitative estimate of drug-likeness (QED) is 0.750. The van der Waals surface area contributed by atoms with Crippen molar-refractivity contribution in [1.29, 1.82) is 0 Å². The Kier molecular flexibility index (Phi) is 6.04. The van der Waals surface area contributed by atoms with Gasteiger partial charge >= 0.3 is 0 Å². The van der Waals surface area contributed by atoms with E-state index < -0.39 is 6.10 Å². The number of anilines is 2. The molecular formula is C24H34N4O. The van der Waals surface area contributed by atoms with Gasteiger partial charge in [-0.1, -0.05) is 51.3 Å². The van der Waals surface area contributed by atoms with E-state index >= 15 is 0 Å². The molecule has 0 radical (unpaired) electrons. The topological polar surface area (TPSA) is 61.3 Å². The van der Waals surface area contributed by atoms with Crippen molar-refractivity contribution in [2.45, 2.75) is 83.9 Å². The van der Waals surface area contributed by atoms with Gasteiger partial charge in [-0.25, -0.2) is 9.97 Å². The standard InChI is InChI=1S/C24H34N4O/c1-16(2)24-26-22(25-21-7-5-4-6-8-21)14-23(27-24)28-12-11-19-13-18(17(3)29)9-10-20(19)15-28/h9-10,13-14,16-17,21,29H,4-8,11-12,15H2,1-3H3,(H,25,26,27)/t17-/m1/s1. The largest absolute Gasteiger partial charge is 0.389 e. The summed E-state index contributed by atoms with van der Waals surface area (Å²) in [6.07, 6.45) is 7.00. The molecule has 1 saturated carbocycles. The van der Waals surface area contributed by atoms with Crippen molar-refractivity contribution in [3.05, 3.63) is 46.8 Å². The van der Waals surface area contributed by atoms with Crippen LogP contribution in [0, 0.1) is 0 Å². The molecule has 1 fully saturated rings. The Morgan fingerprint density at radius 2 is 1.83 bits per heavy atom. The Hall–Kier alpha value is -2.14. The molecule has 5 nitrogen and oxygen atoms in total. The number of nitrogens with one attached hydrogen (secondary N) is 1. The van der Waals surface area contributed by atoms with Crippen molar-refractivity contribution in [1.82, 2.24) is 9.97 Å². The van der Waals surface area contributed by atoms with E-state index in [2.05, 4.69) is 42.3 Å². The van der Waals surface area contributed by atoms with Gasteiger partial charge in [-0.15, -0.1) is 0 Å². The Labute approximate surface area is 174 Å². The summed E-state index contributed by atoms with van der Waals surface area (Å²) in [5.41, 5.74) is 3.67. The molecule has 0 bridgehead atoms. The van der Waals surface area contributed by atoms with Gasteiger partial charge in [0.15, 0.2) is 0 Å².